The van der Waals surface area contributed by atoms with E-state index in [9.17, 15) is 0 Å². The van der Waals surface area contributed by atoms with Crippen LogP contribution in [0, 0.1) is 0 Å². The van der Waals surface area contributed by atoms with Crippen LogP contribution in [0.4, 0.5) is 0 Å². The van der Waals surface area contributed by atoms with Crippen LogP contribution in [-0.2, 0) is 0 Å². The highest BCUT2D eigenvalue weighted by molar-refractivity contribution is 6.28. The Bertz CT molecular complexity index is 2350. The molecule has 176 valence electrons. The number of para-hydroxylation sites is 2. The minimum atomic E-state index is 0.590. The smallest absolute Gasteiger partial charge is 0.197 e. The summed E-state index contributed by atoms with van der Waals surface area (Å²) >= 11 is 0. The Labute approximate surface area is 216 Å². The van der Waals surface area contributed by atoms with Gasteiger partial charge in [0.25, 0.3) is 0 Å². The van der Waals surface area contributed by atoms with Gasteiger partial charge in [-0.2, -0.15) is 0 Å². The molecule has 0 aliphatic carbocycles. The van der Waals surface area contributed by atoms with Gasteiger partial charge in [0.1, 0.15) is 11.2 Å². The number of imidazole rings is 1. The van der Waals surface area contributed by atoms with E-state index in [4.69, 9.17) is 19.4 Å². The molecule has 9 aromatic rings. The number of benzene rings is 5. The fraction of sp³-hybridized carbons (Fsp3) is 0. The maximum atomic E-state index is 6.32. The molecule has 0 aliphatic rings. The van der Waals surface area contributed by atoms with Crippen molar-refractivity contribution in [3.05, 3.63) is 109 Å². The van der Waals surface area contributed by atoms with Crippen LogP contribution in [0.2, 0.25) is 0 Å². The first-order valence-corrected chi connectivity index (χ1v) is 12.6. The zero-order chi connectivity index (χ0) is 24.8. The minimum Gasteiger partial charge on any atom is -0.456 e. The van der Waals surface area contributed by atoms with Gasteiger partial charge in [-0.25, -0.2) is 15.0 Å². The van der Waals surface area contributed by atoms with Gasteiger partial charge in [0.15, 0.2) is 11.6 Å². The summed E-state index contributed by atoms with van der Waals surface area (Å²) in [5.41, 5.74) is 7.52. The molecule has 5 nitrogen and oxygen atoms in total. The summed E-state index contributed by atoms with van der Waals surface area (Å²) in [4.78, 5) is 15.4. The van der Waals surface area contributed by atoms with Gasteiger partial charge in [0.2, 0.25) is 0 Å². The molecule has 4 aromatic heterocycles. The van der Waals surface area contributed by atoms with Crippen molar-refractivity contribution in [3.63, 3.8) is 0 Å². The van der Waals surface area contributed by atoms with Gasteiger partial charge in [-0.3, -0.25) is 4.40 Å². The molecule has 0 fully saturated rings. The van der Waals surface area contributed by atoms with Gasteiger partial charge >= 0.3 is 0 Å². The Morgan fingerprint density at radius 3 is 2.21 bits per heavy atom. The SMILES string of the molecule is c1ccc(-c2nc(-c3nc4ccc5oc6cccc7c8ccccc8n3c4c5c67)nc3ccccc23)cc1. The Morgan fingerprint density at radius 2 is 1.29 bits per heavy atom. The first-order chi connectivity index (χ1) is 18.8. The van der Waals surface area contributed by atoms with Crippen molar-refractivity contribution in [1.82, 2.24) is 19.4 Å². The number of nitrogens with zero attached hydrogens (tertiary/aromatic N) is 4. The van der Waals surface area contributed by atoms with E-state index in [-0.39, 0.29) is 0 Å². The van der Waals surface area contributed by atoms with Crippen LogP contribution in [0.15, 0.2) is 114 Å². The molecule has 5 heteroatoms. The molecule has 0 radical (unpaired) electrons. The second-order valence-electron chi connectivity index (χ2n) is 9.65. The van der Waals surface area contributed by atoms with E-state index in [2.05, 4.69) is 59.0 Å². The van der Waals surface area contributed by atoms with Crippen molar-refractivity contribution in [2.24, 2.45) is 0 Å². The maximum Gasteiger partial charge on any atom is 0.197 e. The van der Waals surface area contributed by atoms with Crippen molar-refractivity contribution in [2.75, 3.05) is 0 Å². The van der Waals surface area contributed by atoms with Crippen LogP contribution in [0.1, 0.15) is 0 Å². The van der Waals surface area contributed by atoms with Gasteiger partial charge < -0.3 is 4.42 Å². The van der Waals surface area contributed by atoms with Crippen LogP contribution in [-0.4, -0.2) is 19.4 Å². The molecule has 0 amide bonds. The number of aromatic nitrogens is 4. The lowest BCUT2D eigenvalue weighted by Gasteiger charge is -2.09. The number of fused-ring (bicyclic) bond motifs is 4. The molecule has 0 bridgehead atoms. The van der Waals surface area contributed by atoms with Gasteiger partial charge in [-0.05, 0) is 35.7 Å². The van der Waals surface area contributed by atoms with E-state index < -0.39 is 0 Å². The Balaban J connectivity index is 1.52. The van der Waals surface area contributed by atoms with Crippen LogP contribution in [0.5, 0.6) is 0 Å². The predicted molar refractivity (Wildman–Crippen MR) is 153 cm³/mol. The molecule has 0 saturated carbocycles. The van der Waals surface area contributed by atoms with Crippen molar-refractivity contribution in [3.8, 4) is 22.9 Å². The standard InChI is InChI=1S/C33H18N4O/c1-2-9-19(10-3-1)30-22-12-4-6-14-23(22)34-32(36-30)33-35-24-17-18-27-29-28-21(13-8-16-26(28)38-27)20-11-5-7-15-25(20)37(33)31(24)29/h1-18H. The topological polar surface area (TPSA) is 56.2 Å². The highest BCUT2D eigenvalue weighted by Gasteiger charge is 2.23. The summed E-state index contributed by atoms with van der Waals surface area (Å²) in [5.74, 6) is 1.30. The molecule has 4 heterocycles. The monoisotopic (exact) mass is 486 g/mol. The van der Waals surface area contributed by atoms with Crippen molar-refractivity contribution < 1.29 is 4.42 Å². The zero-order valence-corrected chi connectivity index (χ0v) is 20.1. The lowest BCUT2D eigenvalue weighted by atomic mass is 10.1. The molecule has 0 unspecified atom stereocenters. The number of hydrogen-bond acceptors (Lipinski definition) is 4. The summed E-state index contributed by atoms with van der Waals surface area (Å²) in [6.45, 7) is 0. The van der Waals surface area contributed by atoms with Crippen LogP contribution in [0.25, 0.3) is 83.1 Å². The largest absolute Gasteiger partial charge is 0.456 e. The quantitative estimate of drug-likeness (QED) is 0.247. The van der Waals surface area contributed by atoms with Gasteiger partial charge in [-0.15, -0.1) is 0 Å². The van der Waals surface area contributed by atoms with E-state index in [0.717, 1.165) is 71.4 Å². The number of hydrogen-bond donors (Lipinski definition) is 0. The zero-order valence-electron chi connectivity index (χ0n) is 20.1. The second kappa shape index (κ2) is 7.14. The van der Waals surface area contributed by atoms with E-state index in [0.29, 0.717) is 11.6 Å². The fourth-order valence-corrected chi connectivity index (χ4v) is 5.97. The fourth-order valence-electron chi connectivity index (χ4n) is 5.97. The summed E-state index contributed by atoms with van der Waals surface area (Å²) in [5, 5.41) is 5.49. The molecule has 5 aromatic carbocycles. The third-order valence-electron chi connectivity index (χ3n) is 7.56. The summed E-state index contributed by atoms with van der Waals surface area (Å²) in [6, 6.07) is 37.3. The molecular formula is C33H18N4O. The number of rotatable bonds is 2. The van der Waals surface area contributed by atoms with E-state index in [1.54, 1.807) is 0 Å². The van der Waals surface area contributed by atoms with Gasteiger partial charge in [-0.1, -0.05) is 78.9 Å². The van der Waals surface area contributed by atoms with E-state index in [1.165, 1.54) is 0 Å². The Morgan fingerprint density at radius 1 is 0.526 bits per heavy atom. The molecule has 38 heavy (non-hydrogen) atoms. The molecule has 0 N–H and O–H groups in total. The highest BCUT2D eigenvalue weighted by atomic mass is 16.3. The summed E-state index contributed by atoms with van der Waals surface area (Å²) < 4.78 is 8.55. The van der Waals surface area contributed by atoms with Crippen molar-refractivity contribution in [2.45, 2.75) is 0 Å². The van der Waals surface area contributed by atoms with Gasteiger partial charge in [0, 0.05) is 21.7 Å². The summed E-state index contributed by atoms with van der Waals surface area (Å²) in [7, 11) is 0. The Hall–Kier alpha value is -5.29. The van der Waals surface area contributed by atoms with Crippen LogP contribution in [0.3, 0.4) is 0 Å². The minimum absolute atomic E-state index is 0.590. The second-order valence-corrected chi connectivity index (χ2v) is 9.65. The molecular weight excluding hydrogens is 468 g/mol. The average Bonchev–Trinajstić information content (AvgIpc) is 3.52. The molecule has 0 saturated heterocycles. The van der Waals surface area contributed by atoms with E-state index in [1.807, 2.05) is 54.6 Å². The molecule has 0 aliphatic heterocycles. The first kappa shape index (κ1) is 19.8. The van der Waals surface area contributed by atoms with Gasteiger partial charge in [0.05, 0.1) is 33.1 Å². The van der Waals surface area contributed by atoms with Crippen LogP contribution >= 0.6 is 0 Å². The van der Waals surface area contributed by atoms with Crippen molar-refractivity contribution >= 4 is 60.2 Å². The Kier molecular flexibility index (Phi) is 3.73. The highest BCUT2D eigenvalue weighted by Crippen LogP contribution is 2.42. The molecule has 0 atom stereocenters. The molecule has 9 rings (SSSR count). The molecule has 0 spiro atoms. The summed E-state index contributed by atoms with van der Waals surface area (Å²) in [6.07, 6.45) is 0. The first-order valence-electron chi connectivity index (χ1n) is 12.6. The lowest BCUT2D eigenvalue weighted by molar-refractivity contribution is 0.669. The average molecular weight is 487 g/mol. The lowest BCUT2D eigenvalue weighted by Crippen LogP contribution is -1.99. The predicted octanol–water partition coefficient (Wildman–Crippen LogP) is 8.26. The normalized spacial score (nSPS) is 12.2. The third-order valence-corrected chi connectivity index (χ3v) is 7.56. The maximum absolute atomic E-state index is 6.32. The van der Waals surface area contributed by atoms with Crippen molar-refractivity contribution in [1.29, 1.82) is 0 Å². The third kappa shape index (κ3) is 2.52. The van der Waals surface area contributed by atoms with Crippen LogP contribution < -0.4 is 0 Å². The van der Waals surface area contributed by atoms with E-state index >= 15 is 0 Å². The number of furan rings is 1.